The van der Waals surface area contributed by atoms with Crippen molar-refractivity contribution in [3.63, 3.8) is 0 Å². The molecule has 0 fully saturated rings. The van der Waals surface area contributed by atoms with E-state index in [1.165, 1.54) is 6.07 Å². The molecular formula is C14H22FNO2S. The van der Waals surface area contributed by atoms with Crippen LogP contribution in [-0.4, -0.2) is 25.5 Å². The maximum absolute atomic E-state index is 13.5. The largest absolute Gasteiger partial charge is 0.309 e. The van der Waals surface area contributed by atoms with E-state index in [0.717, 1.165) is 0 Å². The van der Waals surface area contributed by atoms with Crippen LogP contribution in [0, 0.1) is 5.82 Å². The lowest BCUT2D eigenvalue weighted by molar-refractivity contribution is 0.529. The van der Waals surface area contributed by atoms with Gasteiger partial charge in [0.25, 0.3) is 0 Å². The summed E-state index contributed by atoms with van der Waals surface area (Å²) < 4.78 is 36.6. The van der Waals surface area contributed by atoms with Gasteiger partial charge in [-0.3, -0.25) is 0 Å². The van der Waals surface area contributed by atoms with Crippen molar-refractivity contribution in [1.82, 2.24) is 5.32 Å². The van der Waals surface area contributed by atoms with E-state index in [-0.39, 0.29) is 17.6 Å². The Morgan fingerprint density at radius 1 is 1.26 bits per heavy atom. The Balaban J connectivity index is 2.58. The van der Waals surface area contributed by atoms with Crippen LogP contribution in [0.4, 0.5) is 4.39 Å². The highest BCUT2D eigenvalue weighted by Gasteiger charge is 2.28. The molecule has 0 spiro atoms. The Hall–Kier alpha value is -0.940. The highest BCUT2D eigenvalue weighted by atomic mass is 32.2. The first kappa shape index (κ1) is 16.1. The highest BCUT2D eigenvalue weighted by molar-refractivity contribution is 7.92. The predicted octanol–water partition coefficient (Wildman–Crippen LogP) is 2.69. The first-order valence-corrected chi connectivity index (χ1v) is 8.00. The third-order valence-electron chi connectivity index (χ3n) is 3.13. The minimum Gasteiger partial charge on any atom is -0.309 e. The van der Waals surface area contributed by atoms with Gasteiger partial charge in [0.15, 0.2) is 9.84 Å². The van der Waals surface area contributed by atoms with Crippen molar-refractivity contribution in [2.45, 2.75) is 38.5 Å². The summed E-state index contributed by atoms with van der Waals surface area (Å²) in [4.78, 5) is 0. The van der Waals surface area contributed by atoms with Gasteiger partial charge in [-0.05, 0) is 33.8 Å². The molecule has 0 unspecified atom stereocenters. The van der Waals surface area contributed by atoms with Crippen molar-refractivity contribution in [2.75, 3.05) is 12.3 Å². The van der Waals surface area contributed by atoms with Gasteiger partial charge in [0.1, 0.15) is 5.82 Å². The van der Waals surface area contributed by atoms with E-state index >= 15 is 0 Å². The maximum atomic E-state index is 13.5. The zero-order valence-corrected chi connectivity index (χ0v) is 12.7. The minimum absolute atomic E-state index is 0.0509. The Morgan fingerprint density at radius 3 is 2.37 bits per heavy atom. The molecule has 0 aromatic heterocycles. The molecule has 0 radical (unpaired) electrons. The lowest BCUT2D eigenvalue weighted by Crippen LogP contribution is -2.35. The molecule has 19 heavy (non-hydrogen) atoms. The van der Waals surface area contributed by atoms with Gasteiger partial charge >= 0.3 is 0 Å². The van der Waals surface area contributed by atoms with Gasteiger partial charge in [-0.25, -0.2) is 12.8 Å². The predicted molar refractivity (Wildman–Crippen MR) is 76.4 cm³/mol. The normalized spacial score (nSPS) is 14.4. The minimum atomic E-state index is -3.14. The molecule has 0 amide bonds. The second-order valence-electron chi connectivity index (χ2n) is 5.63. The van der Waals surface area contributed by atoms with Crippen LogP contribution < -0.4 is 5.32 Å². The summed E-state index contributed by atoms with van der Waals surface area (Å²) in [5.74, 6) is -0.226. The van der Waals surface area contributed by atoms with Crippen LogP contribution in [0.1, 0.15) is 39.3 Å². The summed E-state index contributed by atoms with van der Waals surface area (Å²) in [7, 11) is -3.14. The van der Waals surface area contributed by atoms with E-state index in [1.54, 1.807) is 39.0 Å². The average Bonchev–Trinajstić information content (AvgIpc) is 2.27. The van der Waals surface area contributed by atoms with Gasteiger partial charge in [0.2, 0.25) is 0 Å². The molecule has 1 aromatic rings. The van der Waals surface area contributed by atoms with E-state index in [9.17, 15) is 12.8 Å². The Bertz CT molecular complexity index is 520. The van der Waals surface area contributed by atoms with E-state index in [0.29, 0.717) is 12.1 Å². The first-order chi connectivity index (χ1) is 8.65. The van der Waals surface area contributed by atoms with Gasteiger partial charge < -0.3 is 5.32 Å². The SMILES string of the molecule is C[C@@H](NCCS(=O)(=O)C(C)(C)C)c1ccccc1F. The number of rotatable bonds is 5. The van der Waals surface area contributed by atoms with Crippen molar-refractivity contribution in [2.24, 2.45) is 0 Å². The summed E-state index contributed by atoms with van der Waals surface area (Å²) in [6.45, 7) is 7.19. The number of hydrogen-bond donors (Lipinski definition) is 1. The molecule has 3 nitrogen and oxygen atoms in total. The third-order valence-corrected chi connectivity index (χ3v) is 5.73. The van der Waals surface area contributed by atoms with Crippen LogP contribution in [0.5, 0.6) is 0 Å². The van der Waals surface area contributed by atoms with Crippen molar-refractivity contribution in [3.8, 4) is 0 Å². The zero-order chi connectivity index (χ0) is 14.7. The molecule has 0 heterocycles. The molecule has 1 atom stereocenters. The van der Waals surface area contributed by atoms with Crippen LogP contribution >= 0.6 is 0 Å². The number of halogens is 1. The molecule has 1 N–H and O–H groups in total. The zero-order valence-electron chi connectivity index (χ0n) is 11.9. The summed E-state index contributed by atoms with van der Waals surface area (Å²) in [6.07, 6.45) is 0. The molecule has 1 rings (SSSR count). The van der Waals surface area contributed by atoms with E-state index in [2.05, 4.69) is 5.32 Å². The molecule has 0 aliphatic carbocycles. The quantitative estimate of drug-likeness (QED) is 0.905. The maximum Gasteiger partial charge on any atom is 0.156 e. The molecule has 0 saturated carbocycles. The molecular weight excluding hydrogens is 265 g/mol. The Kier molecular flexibility index (Phi) is 5.10. The standard InChI is InChI=1S/C14H22FNO2S/c1-11(12-7-5-6-8-13(12)15)16-9-10-19(17,18)14(2,3)4/h5-8,11,16H,9-10H2,1-4H3/t11-/m1/s1. The van der Waals surface area contributed by atoms with Gasteiger partial charge in [-0.15, -0.1) is 0 Å². The lowest BCUT2D eigenvalue weighted by atomic mass is 10.1. The summed E-state index contributed by atoms with van der Waals surface area (Å²) >= 11 is 0. The fourth-order valence-corrected chi connectivity index (χ4v) is 2.65. The van der Waals surface area contributed by atoms with Crippen LogP contribution in [0.25, 0.3) is 0 Å². The first-order valence-electron chi connectivity index (χ1n) is 6.35. The number of nitrogens with one attached hydrogen (secondary N) is 1. The Labute approximate surface area is 115 Å². The highest BCUT2D eigenvalue weighted by Crippen LogP contribution is 2.17. The average molecular weight is 287 g/mol. The fraction of sp³-hybridized carbons (Fsp3) is 0.571. The molecule has 5 heteroatoms. The lowest BCUT2D eigenvalue weighted by Gasteiger charge is -2.20. The van der Waals surface area contributed by atoms with Crippen LogP contribution in [0.15, 0.2) is 24.3 Å². The Morgan fingerprint density at radius 2 is 1.84 bits per heavy atom. The molecule has 0 saturated heterocycles. The van der Waals surface area contributed by atoms with Crippen molar-refractivity contribution in [1.29, 1.82) is 0 Å². The topological polar surface area (TPSA) is 46.2 Å². The van der Waals surface area contributed by atoms with Crippen molar-refractivity contribution in [3.05, 3.63) is 35.6 Å². The monoisotopic (exact) mass is 287 g/mol. The summed E-state index contributed by atoms with van der Waals surface area (Å²) in [5, 5.41) is 3.05. The van der Waals surface area contributed by atoms with Gasteiger partial charge in [-0.2, -0.15) is 0 Å². The van der Waals surface area contributed by atoms with E-state index < -0.39 is 14.6 Å². The molecule has 0 aliphatic heterocycles. The second-order valence-corrected chi connectivity index (χ2v) is 8.49. The van der Waals surface area contributed by atoms with Crippen LogP contribution in [0.3, 0.4) is 0 Å². The molecule has 1 aromatic carbocycles. The molecule has 0 bridgehead atoms. The smallest absolute Gasteiger partial charge is 0.156 e. The summed E-state index contributed by atoms with van der Waals surface area (Å²) in [6, 6.07) is 6.29. The van der Waals surface area contributed by atoms with E-state index in [4.69, 9.17) is 0 Å². The van der Waals surface area contributed by atoms with Gasteiger partial charge in [-0.1, -0.05) is 18.2 Å². The molecule has 0 aliphatic rings. The number of hydrogen-bond acceptors (Lipinski definition) is 3. The number of benzene rings is 1. The van der Waals surface area contributed by atoms with Crippen molar-refractivity contribution >= 4 is 9.84 Å². The summed E-state index contributed by atoms with van der Waals surface area (Å²) in [5.41, 5.74) is 0.552. The third kappa shape index (κ3) is 4.28. The van der Waals surface area contributed by atoms with E-state index in [1.807, 2.05) is 6.92 Å². The molecule has 108 valence electrons. The fourth-order valence-electron chi connectivity index (χ4n) is 1.65. The van der Waals surface area contributed by atoms with Gasteiger partial charge in [0, 0.05) is 18.2 Å². The van der Waals surface area contributed by atoms with Crippen LogP contribution in [0.2, 0.25) is 0 Å². The number of sulfone groups is 1. The van der Waals surface area contributed by atoms with Gasteiger partial charge in [0.05, 0.1) is 10.5 Å². The van der Waals surface area contributed by atoms with Crippen molar-refractivity contribution < 1.29 is 12.8 Å². The second kappa shape index (κ2) is 6.01. The van der Waals surface area contributed by atoms with Crippen LogP contribution in [-0.2, 0) is 9.84 Å².